The molecule has 0 N–H and O–H groups in total. The van der Waals surface area contributed by atoms with Gasteiger partial charge >= 0.3 is 128 Å². The van der Waals surface area contributed by atoms with Gasteiger partial charge < -0.3 is 0 Å². The van der Waals surface area contributed by atoms with Crippen molar-refractivity contribution in [3.05, 3.63) is 0 Å². The fourth-order valence-corrected chi connectivity index (χ4v) is 28.5. The van der Waals surface area contributed by atoms with Crippen molar-refractivity contribution in [1.82, 2.24) is 0 Å². The molecule has 0 aromatic carbocycles. The van der Waals surface area contributed by atoms with Crippen LogP contribution in [0.25, 0.3) is 0 Å². The molecule has 0 aromatic rings. The van der Waals surface area contributed by atoms with Gasteiger partial charge in [-0.05, 0) is 0 Å². The molecule has 0 saturated heterocycles. The van der Waals surface area contributed by atoms with Crippen LogP contribution in [0.15, 0.2) is 0 Å². The van der Waals surface area contributed by atoms with Gasteiger partial charge in [0.1, 0.15) is 0 Å². The van der Waals surface area contributed by atoms with Crippen LogP contribution in [0.4, 0.5) is 0 Å². The summed E-state index contributed by atoms with van der Waals surface area (Å²) >= 11 is 0.829. The van der Waals surface area contributed by atoms with E-state index in [0.29, 0.717) is 0 Å². The quantitative estimate of drug-likeness (QED) is 0.202. The van der Waals surface area contributed by atoms with Gasteiger partial charge in [0.25, 0.3) is 0 Å². The summed E-state index contributed by atoms with van der Waals surface area (Å²) in [6.45, 7) is 9.48. The number of hydrogen-bond acceptors (Lipinski definition) is 0. The Morgan fingerprint density at radius 1 is 0.556 bits per heavy atom. The van der Waals surface area contributed by atoms with E-state index in [9.17, 15) is 0 Å². The number of unbranched alkanes of at least 4 members (excludes halogenated alkanes) is 4. The molecule has 0 unspecified atom stereocenters. The van der Waals surface area contributed by atoms with Crippen LogP contribution in [0.5, 0.6) is 0 Å². The molecule has 0 rings (SSSR count). The Bertz CT molecular complexity index is 160. The number of hydrogen-bond donors (Lipinski definition) is 0. The van der Waals surface area contributed by atoms with Crippen molar-refractivity contribution in [3.63, 3.8) is 0 Å². The Hall–Kier alpha value is 1.55. The standard InChI is InChI=1S/4C4H9.HI.Sb/c4*1-3-4-2;;/h4*1,3-4H2,2H3;1H;/q;;;;;+1/p-1. The first kappa shape index (κ1) is 19.5. The minimum atomic E-state index is -2.27. The summed E-state index contributed by atoms with van der Waals surface area (Å²) in [7, 11) is 0. The van der Waals surface area contributed by atoms with Gasteiger partial charge in [0.05, 0.1) is 0 Å². The summed E-state index contributed by atoms with van der Waals surface area (Å²) < 4.78 is 6.57. The fourth-order valence-electron chi connectivity index (χ4n) is 2.88. The van der Waals surface area contributed by atoms with E-state index in [-0.39, 0.29) is 0 Å². The molecule has 0 radical (unpaired) electrons. The van der Waals surface area contributed by atoms with Gasteiger partial charge in [-0.1, -0.05) is 0 Å². The van der Waals surface area contributed by atoms with E-state index in [0.717, 1.165) is 0 Å². The Morgan fingerprint density at radius 2 is 0.778 bits per heavy atom. The van der Waals surface area contributed by atoms with E-state index >= 15 is 0 Å². The van der Waals surface area contributed by atoms with Crippen LogP contribution in [-0.4, -0.2) is 13.4 Å². The van der Waals surface area contributed by atoms with Crippen molar-refractivity contribution >= 4 is 31.9 Å². The van der Waals surface area contributed by atoms with Crippen LogP contribution in [0.1, 0.15) is 79.1 Å². The molecule has 0 aliphatic heterocycles. The van der Waals surface area contributed by atoms with Gasteiger partial charge in [0, 0.05) is 0 Å². The van der Waals surface area contributed by atoms with Gasteiger partial charge in [-0.3, -0.25) is 0 Å². The number of halogens is 1. The Kier molecular flexibility index (Phi) is 11.2. The van der Waals surface area contributed by atoms with Gasteiger partial charge in [-0.25, -0.2) is 0 Å². The SMILES string of the molecule is CCC[CH2][Sb]([I])([CH2]CCC)([CH2]CCC)[CH2]CCC. The predicted octanol–water partition coefficient (Wildman–Crippen LogP) is 7.52. The molecular formula is C16H36ISb. The molecule has 0 nitrogen and oxygen atoms in total. The third-order valence-corrected chi connectivity index (χ3v) is 33.6. The third-order valence-electron chi connectivity index (χ3n) is 4.28. The molecule has 0 aromatic heterocycles. The topological polar surface area (TPSA) is 0 Å². The van der Waals surface area contributed by atoms with E-state index in [4.69, 9.17) is 0 Å². The summed E-state index contributed by atoms with van der Waals surface area (Å²) in [4.78, 5) is 0. The molecule has 0 fully saturated rings. The van der Waals surface area contributed by atoms with E-state index < -0.39 is 13.4 Å². The molecule has 112 valence electrons. The second-order valence-corrected chi connectivity index (χ2v) is 39.9. The molecule has 0 saturated carbocycles. The van der Waals surface area contributed by atoms with Crippen molar-refractivity contribution in [3.8, 4) is 0 Å². The van der Waals surface area contributed by atoms with Crippen molar-refractivity contribution in [2.75, 3.05) is 0 Å². The zero-order valence-electron chi connectivity index (χ0n) is 13.3. The van der Waals surface area contributed by atoms with Crippen molar-refractivity contribution in [1.29, 1.82) is 0 Å². The van der Waals surface area contributed by atoms with E-state index in [1.807, 2.05) is 0 Å². The summed E-state index contributed by atoms with van der Waals surface area (Å²) in [5, 5.41) is 0. The summed E-state index contributed by atoms with van der Waals surface area (Å²) in [6.07, 6.45) is 11.6. The number of rotatable bonds is 12. The molecule has 0 atom stereocenters. The molecule has 0 amide bonds. The van der Waals surface area contributed by atoms with Crippen LogP contribution < -0.4 is 0 Å². The van der Waals surface area contributed by atoms with Crippen LogP contribution in [-0.2, 0) is 0 Å². The molecule has 0 spiro atoms. The normalized spacial score (nSPS) is 14.4. The molecule has 0 aliphatic rings. The van der Waals surface area contributed by atoms with Crippen LogP contribution >= 0.6 is 18.5 Å². The first-order chi connectivity index (χ1) is 8.54. The maximum absolute atomic E-state index is 3.10. The molecule has 0 bridgehead atoms. The molecule has 0 heterocycles. The van der Waals surface area contributed by atoms with E-state index in [1.54, 1.807) is 17.5 Å². The van der Waals surface area contributed by atoms with Crippen LogP contribution in [0.3, 0.4) is 0 Å². The molecule has 18 heavy (non-hydrogen) atoms. The first-order valence-corrected chi connectivity index (χ1v) is 22.9. The van der Waals surface area contributed by atoms with Gasteiger partial charge in [-0.2, -0.15) is 0 Å². The molecule has 0 aliphatic carbocycles. The monoisotopic (exact) mass is 476 g/mol. The Balaban J connectivity index is 4.82. The van der Waals surface area contributed by atoms with E-state index in [2.05, 4.69) is 46.2 Å². The molecule has 2 heteroatoms. The first-order valence-electron chi connectivity index (χ1n) is 8.26. The zero-order valence-corrected chi connectivity index (χ0v) is 18.0. The predicted molar refractivity (Wildman–Crippen MR) is 98.6 cm³/mol. The summed E-state index contributed by atoms with van der Waals surface area (Å²) in [6, 6.07) is 0. The van der Waals surface area contributed by atoms with Gasteiger partial charge in [0.15, 0.2) is 0 Å². The fraction of sp³-hybridized carbons (Fsp3) is 1.00. The summed E-state index contributed by atoms with van der Waals surface area (Å²) in [5.41, 5.74) is 0. The van der Waals surface area contributed by atoms with Crippen molar-refractivity contribution in [2.24, 2.45) is 0 Å². The van der Waals surface area contributed by atoms with Gasteiger partial charge in [0.2, 0.25) is 0 Å². The second kappa shape index (κ2) is 10.3. The van der Waals surface area contributed by atoms with Crippen molar-refractivity contribution in [2.45, 2.75) is 96.5 Å². The molecular weight excluding hydrogens is 441 g/mol. The van der Waals surface area contributed by atoms with Crippen LogP contribution in [0.2, 0.25) is 17.5 Å². The maximum atomic E-state index is 3.10. The van der Waals surface area contributed by atoms with Crippen LogP contribution in [0, 0.1) is 0 Å². The van der Waals surface area contributed by atoms with Crippen molar-refractivity contribution < 1.29 is 0 Å². The average molecular weight is 477 g/mol. The van der Waals surface area contributed by atoms with Gasteiger partial charge in [-0.15, -0.1) is 0 Å². The summed E-state index contributed by atoms with van der Waals surface area (Å²) in [5.74, 6) is 0. The minimum absolute atomic E-state index is 1.40. The second-order valence-electron chi connectivity index (χ2n) is 6.13. The van der Waals surface area contributed by atoms with E-state index in [1.165, 1.54) is 51.4 Å². The Labute approximate surface area is 127 Å². The Morgan fingerprint density at radius 3 is 0.944 bits per heavy atom. The zero-order chi connectivity index (χ0) is 13.9. The third kappa shape index (κ3) is 7.36. The average Bonchev–Trinajstić information content (AvgIpc) is 2.40.